The van der Waals surface area contributed by atoms with Gasteiger partial charge in [0.2, 0.25) is 0 Å². The van der Waals surface area contributed by atoms with Crippen molar-refractivity contribution >= 4 is 40.5 Å². The van der Waals surface area contributed by atoms with Crippen molar-refractivity contribution in [2.24, 2.45) is 0 Å². The van der Waals surface area contributed by atoms with Gasteiger partial charge < -0.3 is 0 Å². The Kier molecular flexibility index (Phi) is 3.36. The van der Waals surface area contributed by atoms with Crippen molar-refractivity contribution in [1.29, 1.82) is 0 Å². The minimum absolute atomic E-state index is 0.0457. The lowest BCUT2D eigenvalue weighted by Gasteiger charge is -2.01. The van der Waals surface area contributed by atoms with E-state index in [2.05, 4.69) is 0 Å². The molecule has 0 saturated heterocycles. The molecule has 3 nitrogen and oxygen atoms in total. The van der Waals surface area contributed by atoms with Gasteiger partial charge in [-0.25, -0.2) is 0 Å². The number of alkyl halides is 1. The molecule has 0 unspecified atom stereocenters. The largest absolute Gasteiger partial charge is 0.289 e. The maximum absolute atomic E-state index is 10.5. The van der Waals surface area contributed by atoms with Crippen LogP contribution in [0.25, 0.3) is 0 Å². The second-order valence-electron chi connectivity index (χ2n) is 2.29. The fourth-order valence-electron chi connectivity index (χ4n) is 0.860. The third kappa shape index (κ3) is 2.24. The van der Waals surface area contributed by atoms with Crippen molar-refractivity contribution in [1.82, 2.24) is 0 Å². The van der Waals surface area contributed by atoms with Crippen molar-refractivity contribution in [3.63, 3.8) is 0 Å². The molecule has 0 atom stereocenters. The topological polar surface area (TPSA) is 43.1 Å². The Hall–Kier alpha value is -0.510. The highest BCUT2D eigenvalue weighted by Gasteiger charge is 2.16. The van der Waals surface area contributed by atoms with Crippen molar-refractivity contribution in [2.75, 3.05) is 0 Å². The van der Waals surface area contributed by atoms with E-state index in [-0.39, 0.29) is 21.6 Å². The van der Waals surface area contributed by atoms with Gasteiger partial charge in [0.15, 0.2) is 0 Å². The molecule has 1 rings (SSSR count). The molecule has 70 valence electrons. The normalized spacial score (nSPS) is 10.1. The maximum Gasteiger partial charge on any atom is 0.289 e. The number of rotatable bonds is 2. The first-order chi connectivity index (χ1) is 6.06. The SMILES string of the molecule is O=[N+]([O-])c1cc(Cl)cc(CCl)c1Cl. The van der Waals surface area contributed by atoms with Gasteiger partial charge in [0.25, 0.3) is 5.69 Å². The van der Waals surface area contributed by atoms with Gasteiger partial charge in [0, 0.05) is 17.0 Å². The van der Waals surface area contributed by atoms with E-state index < -0.39 is 4.92 Å². The molecule has 0 aromatic heterocycles. The number of hydrogen-bond donors (Lipinski definition) is 0. The zero-order valence-electron chi connectivity index (χ0n) is 6.26. The molecule has 0 aliphatic carbocycles. The minimum Gasteiger partial charge on any atom is -0.258 e. The lowest BCUT2D eigenvalue weighted by molar-refractivity contribution is -0.384. The molecule has 0 aliphatic rings. The first-order valence-electron chi connectivity index (χ1n) is 3.24. The summed E-state index contributed by atoms with van der Waals surface area (Å²) < 4.78 is 0. The maximum atomic E-state index is 10.5. The molecule has 0 aliphatic heterocycles. The molecule has 0 heterocycles. The van der Waals surface area contributed by atoms with Crippen LogP contribution in [0.2, 0.25) is 10.0 Å². The van der Waals surface area contributed by atoms with Crippen LogP contribution in [0.15, 0.2) is 12.1 Å². The summed E-state index contributed by atoms with van der Waals surface area (Å²) in [6.07, 6.45) is 0. The first kappa shape index (κ1) is 10.6. The molecule has 0 spiro atoms. The number of nitro groups is 1. The summed E-state index contributed by atoms with van der Waals surface area (Å²) in [4.78, 5) is 9.87. The minimum atomic E-state index is -0.593. The molecule has 0 bridgehead atoms. The van der Waals surface area contributed by atoms with E-state index >= 15 is 0 Å². The van der Waals surface area contributed by atoms with Gasteiger partial charge >= 0.3 is 0 Å². The second kappa shape index (κ2) is 4.13. The van der Waals surface area contributed by atoms with E-state index in [4.69, 9.17) is 34.8 Å². The van der Waals surface area contributed by atoms with Crippen LogP contribution in [0.1, 0.15) is 5.56 Å². The molecular formula is C7H4Cl3NO2. The lowest BCUT2D eigenvalue weighted by atomic mass is 10.2. The highest BCUT2D eigenvalue weighted by Crippen LogP contribution is 2.32. The standard InChI is InChI=1S/C7H4Cl3NO2/c8-3-4-1-5(9)2-6(7(4)10)11(12)13/h1-2H,3H2. The monoisotopic (exact) mass is 239 g/mol. The Morgan fingerprint density at radius 2 is 2.00 bits per heavy atom. The number of hydrogen-bond acceptors (Lipinski definition) is 2. The predicted molar refractivity (Wildman–Crippen MR) is 52.7 cm³/mol. The highest BCUT2D eigenvalue weighted by molar-refractivity contribution is 6.36. The van der Waals surface area contributed by atoms with Gasteiger partial charge in [-0.15, -0.1) is 11.6 Å². The molecule has 0 N–H and O–H groups in total. The van der Waals surface area contributed by atoms with Gasteiger partial charge in [-0.2, -0.15) is 0 Å². The zero-order chi connectivity index (χ0) is 10.0. The Morgan fingerprint density at radius 1 is 1.38 bits per heavy atom. The summed E-state index contributed by atoms with van der Waals surface area (Å²) in [5.41, 5.74) is 0.243. The van der Waals surface area contributed by atoms with E-state index in [1.165, 1.54) is 12.1 Å². The average Bonchev–Trinajstić information content (AvgIpc) is 2.08. The van der Waals surface area contributed by atoms with Gasteiger partial charge in [0.1, 0.15) is 5.02 Å². The van der Waals surface area contributed by atoms with Crippen LogP contribution in [0.5, 0.6) is 0 Å². The number of halogens is 3. The van der Waals surface area contributed by atoms with E-state index in [0.29, 0.717) is 5.56 Å². The lowest BCUT2D eigenvalue weighted by Crippen LogP contribution is -1.92. The summed E-state index contributed by atoms with van der Waals surface area (Å²) in [6, 6.07) is 2.70. The van der Waals surface area contributed by atoms with E-state index in [0.717, 1.165) is 0 Å². The fraction of sp³-hybridized carbons (Fsp3) is 0.143. The Bertz CT molecular complexity index is 354. The Labute approximate surface area is 89.4 Å². The molecule has 0 fully saturated rings. The van der Waals surface area contributed by atoms with E-state index in [1.807, 2.05) is 0 Å². The van der Waals surface area contributed by atoms with Crippen LogP contribution in [0.3, 0.4) is 0 Å². The molecule has 13 heavy (non-hydrogen) atoms. The van der Waals surface area contributed by atoms with Crippen LogP contribution >= 0.6 is 34.8 Å². The molecule has 0 radical (unpaired) electrons. The summed E-state index contributed by atoms with van der Waals surface area (Å²) in [6.45, 7) is 0. The number of nitrogens with zero attached hydrogens (tertiary/aromatic N) is 1. The predicted octanol–water partition coefficient (Wildman–Crippen LogP) is 3.64. The highest BCUT2D eigenvalue weighted by atomic mass is 35.5. The molecule has 1 aromatic rings. The quantitative estimate of drug-likeness (QED) is 0.450. The summed E-state index contributed by atoms with van der Waals surface area (Å²) in [7, 11) is 0. The van der Waals surface area contributed by atoms with Gasteiger partial charge in [-0.05, 0) is 11.6 Å². The van der Waals surface area contributed by atoms with Crippen LogP contribution < -0.4 is 0 Å². The Balaban J connectivity index is 3.35. The van der Waals surface area contributed by atoms with Crippen molar-refractivity contribution in [2.45, 2.75) is 5.88 Å². The van der Waals surface area contributed by atoms with Crippen LogP contribution in [0, 0.1) is 10.1 Å². The summed E-state index contributed by atoms with van der Waals surface area (Å²) >= 11 is 16.8. The Morgan fingerprint density at radius 3 is 2.46 bits per heavy atom. The van der Waals surface area contributed by atoms with E-state index in [9.17, 15) is 10.1 Å². The van der Waals surface area contributed by atoms with Gasteiger partial charge in [-0.3, -0.25) is 10.1 Å². The second-order valence-corrected chi connectivity index (χ2v) is 3.37. The molecule has 0 amide bonds. The van der Waals surface area contributed by atoms with Crippen LogP contribution in [-0.2, 0) is 5.88 Å². The smallest absolute Gasteiger partial charge is 0.258 e. The average molecular weight is 240 g/mol. The van der Waals surface area contributed by atoms with Crippen LogP contribution in [-0.4, -0.2) is 4.92 Å². The summed E-state index contributed by atoms with van der Waals surface area (Å²) in [5, 5.41) is 10.8. The van der Waals surface area contributed by atoms with Crippen LogP contribution in [0.4, 0.5) is 5.69 Å². The van der Waals surface area contributed by atoms with Gasteiger partial charge in [-0.1, -0.05) is 23.2 Å². The van der Waals surface area contributed by atoms with Crippen molar-refractivity contribution in [3.05, 3.63) is 37.9 Å². The first-order valence-corrected chi connectivity index (χ1v) is 4.53. The summed E-state index contributed by atoms with van der Waals surface area (Å²) in [5.74, 6) is 0.0975. The molecule has 6 heteroatoms. The number of benzene rings is 1. The van der Waals surface area contributed by atoms with E-state index in [1.54, 1.807) is 0 Å². The molecule has 0 saturated carbocycles. The van der Waals surface area contributed by atoms with Crippen molar-refractivity contribution < 1.29 is 4.92 Å². The molecular weight excluding hydrogens is 236 g/mol. The third-order valence-electron chi connectivity index (χ3n) is 1.43. The third-order valence-corrected chi connectivity index (χ3v) is 2.38. The zero-order valence-corrected chi connectivity index (χ0v) is 8.53. The fourth-order valence-corrected chi connectivity index (χ4v) is 1.62. The van der Waals surface area contributed by atoms with Gasteiger partial charge in [0.05, 0.1) is 4.92 Å². The van der Waals surface area contributed by atoms with Crippen molar-refractivity contribution in [3.8, 4) is 0 Å². The molecule has 1 aromatic carbocycles. The number of nitro benzene ring substituents is 1.